The largest absolute Gasteiger partial charge is 0.395 e. The van der Waals surface area contributed by atoms with Gasteiger partial charge in [-0.05, 0) is 14.0 Å². The molecule has 2 fully saturated rings. The summed E-state index contributed by atoms with van der Waals surface area (Å²) in [5.74, 6) is -0.678. The Labute approximate surface area is 115 Å². The summed E-state index contributed by atoms with van der Waals surface area (Å²) in [6.45, 7) is 5.95. The molecule has 4 rings (SSSR count). The Bertz CT molecular complexity index is 690. The van der Waals surface area contributed by atoms with Crippen molar-refractivity contribution < 1.29 is 14.7 Å². The Hall–Kier alpha value is -1.92. The van der Waals surface area contributed by atoms with Gasteiger partial charge in [-0.1, -0.05) is 6.58 Å². The highest BCUT2D eigenvalue weighted by Crippen LogP contribution is 2.56. The number of likely N-dealkylation sites (N-methyl/N-ethyl adjacent to an activating group) is 1. The zero-order chi connectivity index (χ0) is 14.6. The van der Waals surface area contributed by atoms with Gasteiger partial charge >= 0.3 is 0 Å². The second-order valence-corrected chi connectivity index (χ2v) is 5.91. The van der Waals surface area contributed by atoms with Crippen molar-refractivity contribution in [3.05, 3.63) is 34.7 Å². The second kappa shape index (κ2) is 3.05. The van der Waals surface area contributed by atoms with Crippen molar-refractivity contribution in [1.82, 2.24) is 9.80 Å². The van der Waals surface area contributed by atoms with Crippen LogP contribution < -0.4 is 5.73 Å². The lowest BCUT2D eigenvalue weighted by molar-refractivity contribution is -0.118. The van der Waals surface area contributed by atoms with E-state index in [0.29, 0.717) is 12.1 Å². The highest BCUT2D eigenvalue weighted by Gasteiger charge is 2.72. The number of hydrogen-bond acceptors (Lipinski definition) is 6. The van der Waals surface area contributed by atoms with E-state index < -0.39 is 11.5 Å². The molecule has 2 saturated heterocycles. The van der Waals surface area contributed by atoms with Gasteiger partial charge in [0, 0.05) is 23.7 Å². The van der Waals surface area contributed by atoms with Crippen molar-refractivity contribution in [2.24, 2.45) is 5.73 Å². The lowest BCUT2D eigenvalue weighted by Crippen LogP contribution is -2.49. The number of rotatable bonds is 0. The minimum absolute atomic E-state index is 0.0413. The molecule has 104 valence electrons. The molecule has 0 aromatic heterocycles. The van der Waals surface area contributed by atoms with Crippen LogP contribution in [0.25, 0.3) is 0 Å². The van der Waals surface area contributed by atoms with Gasteiger partial charge in [0.15, 0.2) is 5.72 Å². The fraction of sp³-hybridized carbons (Fsp3) is 0.429. The molecule has 3 heterocycles. The number of Topliss-reactive ketones (excluding diaryl/α,β-unsaturated/α-hetero) is 2. The maximum absolute atomic E-state index is 12.4. The van der Waals surface area contributed by atoms with Gasteiger partial charge in [-0.15, -0.1) is 0 Å². The summed E-state index contributed by atoms with van der Waals surface area (Å²) in [4.78, 5) is 28.4. The normalized spacial score (nSPS) is 42.2. The van der Waals surface area contributed by atoms with Crippen molar-refractivity contribution in [1.29, 1.82) is 0 Å². The molecule has 4 atom stereocenters. The van der Waals surface area contributed by atoms with Crippen LogP contribution in [0.4, 0.5) is 0 Å². The molecule has 0 radical (unpaired) electrons. The summed E-state index contributed by atoms with van der Waals surface area (Å²) in [6, 6.07) is 0.0972. The van der Waals surface area contributed by atoms with Crippen molar-refractivity contribution >= 4 is 11.6 Å². The van der Waals surface area contributed by atoms with Crippen molar-refractivity contribution in [2.45, 2.75) is 24.7 Å². The van der Waals surface area contributed by atoms with E-state index in [2.05, 4.69) is 6.58 Å². The maximum atomic E-state index is 12.4. The highest BCUT2D eigenvalue weighted by molar-refractivity contribution is 6.27. The highest BCUT2D eigenvalue weighted by atomic mass is 16.3. The molecular weight excluding hydrogens is 258 g/mol. The van der Waals surface area contributed by atoms with Gasteiger partial charge in [-0.3, -0.25) is 14.5 Å². The molecule has 6 heteroatoms. The van der Waals surface area contributed by atoms with Crippen LogP contribution in [-0.2, 0) is 9.59 Å². The zero-order valence-corrected chi connectivity index (χ0v) is 11.3. The Morgan fingerprint density at radius 3 is 2.70 bits per heavy atom. The first kappa shape index (κ1) is 11.9. The summed E-state index contributed by atoms with van der Waals surface area (Å²) in [6.07, 6.45) is 0. The van der Waals surface area contributed by atoms with Gasteiger partial charge < -0.3 is 15.7 Å². The lowest BCUT2D eigenvalue weighted by atomic mass is 9.87. The van der Waals surface area contributed by atoms with Gasteiger partial charge in [0.05, 0.1) is 23.0 Å². The second-order valence-electron chi connectivity index (χ2n) is 5.91. The standard InChI is InChI=1S/C14H15N3O3/c1-5-9(15)12(19)8-6(2)14(20)13-7(16(13)3)4-17(14)10(8)11(5)18/h7,13,20H,2,4,15H2,1,3H3/t7-,13-,14+,16?/m0/s1. The molecule has 0 saturated carbocycles. The molecule has 20 heavy (non-hydrogen) atoms. The topological polar surface area (TPSA) is 86.6 Å². The van der Waals surface area contributed by atoms with E-state index in [1.165, 1.54) is 0 Å². The Kier molecular flexibility index (Phi) is 1.81. The molecule has 1 aliphatic carbocycles. The Morgan fingerprint density at radius 2 is 2.05 bits per heavy atom. The Balaban J connectivity index is 1.90. The predicted molar refractivity (Wildman–Crippen MR) is 70.1 cm³/mol. The molecule has 4 aliphatic rings. The molecule has 3 aliphatic heterocycles. The van der Waals surface area contributed by atoms with Crippen LogP contribution in [0.15, 0.2) is 34.7 Å². The smallest absolute Gasteiger partial charge is 0.211 e. The number of nitrogens with two attached hydrogens (primary N) is 1. The van der Waals surface area contributed by atoms with Gasteiger partial charge in [-0.2, -0.15) is 0 Å². The monoisotopic (exact) mass is 273 g/mol. The van der Waals surface area contributed by atoms with Crippen molar-refractivity contribution in [3.63, 3.8) is 0 Å². The number of piperazine rings is 1. The third-order valence-electron chi connectivity index (χ3n) is 5.11. The quantitative estimate of drug-likeness (QED) is 0.429. The molecule has 3 N–H and O–H groups in total. The van der Waals surface area contributed by atoms with E-state index in [4.69, 9.17) is 5.73 Å². The average Bonchev–Trinajstić information content (AvgIpc) is 2.84. The first-order valence-corrected chi connectivity index (χ1v) is 6.53. The van der Waals surface area contributed by atoms with Crippen molar-refractivity contribution in [3.8, 4) is 0 Å². The third kappa shape index (κ3) is 0.949. The minimum atomic E-state index is -1.35. The average molecular weight is 273 g/mol. The van der Waals surface area contributed by atoms with Gasteiger partial charge in [0.2, 0.25) is 11.6 Å². The molecule has 0 amide bonds. The number of hydrogen-bond donors (Lipinski definition) is 2. The lowest BCUT2D eigenvalue weighted by Gasteiger charge is -2.34. The van der Waals surface area contributed by atoms with Crippen LogP contribution in [0.2, 0.25) is 0 Å². The van der Waals surface area contributed by atoms with Crippen LogP contribution >= 0.6 is 0 Å². The van der Waals surface area contributed by atoms with E-state index in [1.54, 1.807) is 11.8 Å². The summed E-state index contributed by atoms with van der Waals surface area (Å²) < 4.78 is 0. The van der Waals surface area contributed by atoms with Gasteiger partial charge in [-0.25, -0.2) is 0 Å². The van der Waals surface area contributed by atoms with Crippen LogP contribution in [0.5, 0.6) is 0 Å². The number of carbonyl (C=O) groups excluding carboxylic acids is 2. The molecule has 0 aromatic rings. The van der Waals surface area contributed by atoms with Crippen LogP contribution in [0, 0.1) is 0 Å². The Morgan fingerprint density at radius 1 is 1.40 bits per heavy atom. The number of nitrogens with zero attached hydrogens (tertiary/aromatic N) is 2. The molecule has 1 unspecified atom stereocenters. The van der Waals surface area contributed by atoms with E-state index >= 15 is 0 Å². The fourth-order valence-electron chi connectivity index (χ4n) is 3.82. The molecule has 0 aromatic carbocycles. The fourth-order valence-corrected chi connectivity index (χ4v) is 3.82. The summed E-state index contributed by atoms with van der Waals surface area (Å²) in [5.41, 5.74) is 5.35. The van der Waals surface area contributed by atoms with Crippen molar-refractivity contribution in [2.75, 3.05) is 13.6 Å². The predicted octanol–water partition coefficient (Wildman–Crippen LogP) is -1.12. The number of carbonyl (C=O) groups is 2. The summed E-state index contributed by atoms with van der Waals surface area (Å²) in [5, 5.41) is 11.0. The number of allylic oxidation sites excluding steroid dienone is 2. The summed E-state index contributed by atoms with van der Waals surface area (Å²) >= 11 is 0. The van der Waals surface area contributed by atoms with E-state index in [-0.39, 0.29) is 40.4 Å². The molecule has 0 spiro atoms. The SMILES string of the molecule is C=C1C2=C(C(=O)C(C)=C(N)C2=O)N2C[C@H]3[C@H](N3C)[C@]12O. The number of aliphatic hydroxyl groups is 1. The molecular formula is C14H15N3O3. The van der Waals surface area contributed by atoms with E-state index in [1.807, 2.05) is 11.9 Å². The zero-order valence-electron chi connectivity index (χ0n) is 11.3. The molecule has 6 nitrogen and oxygen atoms in total. The van der Waals surface area contributed by atoms with Crippen LogP contribution in [-0.4, -0.2) is 57.9 Å². The van der Waals surface area contributed by atoms with E-state index in [9.17, 15) is 14.7 Å². The minimum Gasteiger partial charge on any atom is -0.395 e. The van der Waals surface area contributed by atoms with E-state index in [0.717, 1.165) is 0 Å². The maximum Gasteiger partial charge on any atom is 0.211 e. The molecule has 0 bridgehead atoms. The first-order valence-electron chi connectivity index (χ1n) is 6.53. The van der Waals surface area contributed by atoms with Gasteiger partial charge in [0.1, 0.15) is 0 Å². The third-order valence-corrected chi connectivity index (χ3v) is 5.11. The first-order chi connectivity index (χ1) is 9.31. The number of fused-ring (bicyclic) bond motifs is 4. The number of ketones is 2. The van der Waals surface area contributed by atoms with Crippen LogP contribution in [0.1, 0.15) is 6.92 Å². The van der Waals surface area contributed by atoms with Crippen LogP contribution in [0.3, 0.4) is 0 Å². The van der Waals surface area contributed by atoms with Gasteiger partial charge in [0.25, 0.3) is 0 Å². The summed E-state index contributed by atoms with van der Waals surface area (Å²) in [7, 11) is 1.91.